The fourth-order valence-corrected chi connectivity index (χ4v) is 2.77. The van der Waals surface area contributed by atoms with E-state index in [0.717, 1.165) is 32.3 Å². The highest BCUT2D eigenvalue weighted by atomic mass is 79.9. The van der Waals surface area contributed by atoms with E-state index in [0.29, 0.717) is 6.04 Å². The quantitative estimate of drug-likeness (QED) is 0.867. The van der Waals surface area contributed by atoms with Gasteiger partial charge in [-0.3, -0.25) is 0 Å². The zero-order valence-corrected chi connectivity index (χ0v) is 13.4. The molecule has 0 radical (unpaired) electrons. The van der Waals surface area contributed by atoms with E-state index in [2.05, 4.69) is 45.5 Å². The van der Waals surface area contributed by atoms with Gasteiger partial charge in [-0.05, 0) is 28.1 Å². The lowest BCUT2D eigenvalue weighted by atomic mass is 10.2. The van der Waals surface area contributed by atoms with E-state index in [1.54, 1.807) is 11.3 Å². The van der Waals surface area contributed by atoms with Gasteiger partial charge in [0.1, 0.15) is 5.01 Å². The largest absolute Gasteiger partial charge is 0.309 e. The molecule has 0 aliphatic heterocycles. The minimum atomic E-state index is 0.472. The highest BCUT2D eigenvalue weighted by Crippen LogP contribution is 2.30. The normalized spacial score (nSPS) is 11.2. The van der Waals surface area contributed by atoms with Gasteiger partial charge in [0.05, 0.1) is 10.7 Å². The molecule has 1 aromatic heterocycles. The van der Waals surface area contributed by atoms with Gasteiger partial charge in [0.2, 0.25) is 0 Å². The van der Waals surface area contributed by atoms with Crippen molar-refractivity contribution in [3.63, 3.8) is 0 Å². The topological polar surface area (TPSA) is 24.9 Å². The Labute approximate surface area is 125 Å². The number of halogens is 2. The minimum Gasteiger partial charge on any atom is -0.309 e. The number of nitrogens with one attached hydrogen (secondary N) is 1. The van der Waals surface area contributed by atoms with Crippen molar-refractivity contribution >= 4 is 38.9 Å². The molecule has 0 spiro atoms. The van der Waals surface area contributed by atoms with Crippen LogP contribution in [0.3, 0.4) is 0 Å². The summed E-state index contributed by atoms with van der Waals surface area (Å²) >= 11 is 11.1. The van der Waals surface area contributed by atoms with Gasteiger partial charge in [-0.15, -0.1) is 11.3 Å². The first-order chi connectivity index (χ1) is 8.56. The maximum absolute atomic E-state index is 5.98. The van der Waals surface area contributed by atoms with Crippen LogP contribution in [0.15, 0.2) is 28.1 Å². The van der Waals surface area contributed by atoms with Gasteiger partial charge in [0.15, 0.2) is 0 Å². The van der Waals surface area contributed by atoms with E-state index in [1.807, 2.05) is 18.2 Å². The number of aromatic nitrogens is 1. The Morgan fingerprint density at radius 3 is 2.89 bits per heavy atom. The molecule has 1 N–H and O–H groups in total. The summed E-state index contributed by atoms with van der Waals surface area (Å²) in [6, 6.07) is 6.35. The standard InChI is InChI=1S/C13H14BrClN2S/c1-8(2)16-6-10-7-18-13(17-10)9-3-4-12(15)11(14)5-9/h3-5,7-8,16H,6H2,1-2H3. The van der Waals surface area contributed by atoms with Crippen LogP contribution in [-0.4, -0.2) is 11.0 Å². The molecule has 0 saturated heterocycles. The Balaban J connectivity index is 2.16. The van der Waals surface area contributed by atoms with Crippen LogP contribution in [0.5, 0.6) is 0 Å². The van der Waals surface area contributed by atoms with Crippen molar-refractivity contribution < 1.29 is 0 Å². The fraction of sp³-hybridized carbons (Fsp3) is 0.308. The average Bonchev–Trinajstić information content (AvgIpc) is 2.79. The molecule has 96 valence electrons. The second-order valence-electron chi connectivity index (χ2n) is 4.31. The minimum absolute atomic E-state index is 0.472. The molecule has 0 saturated carbocycles. The second-order valence-corrected chi connectivity index (χ2v) is 6.43. The molecule has 5 heteroatoms. The third-order valence-corrected chi connectivity index (χ3v) is 4.56. The Morgan fingerprint density at radius 1 is 1.44 bits per heavy atom. The predicted octanol–water partition coefficient (Wildman–Crippen LogP) is 4.72. The third-order valence-electron chi connectivity index (χ3n) is 2.41. The lowest BCUT2D eigenvalue weighted by Gasteiger charge is -2.04. The van der Waals surface area contributed by atoms with E-state index >= 15 is 0 Å². The summed E-state index contributed by atoms with van der Waals surface area (Å²) < 4.78 is 0.902. The first-order valence-electron chi connectivity index (χ1n) is 5.69. The van der Waals surface area contributed by atoms with E-state index in [-0.39, 0.29) is 0 Å². The molecule has 0 unspecified atom stereocenters. The van der Waals surface area contributed by atoms with Crippen LogP contribution in [0.2, 0.25) is 5.02 Å². The molecule has 1 heterocycles. The molecule has 2 rings (SSSR count). The first kappa shape index (κ1) is 14.0. The first-order valence-corrected chi connectivity index (χ1v) is 7.74. The maximum Gasteiger partial charge on any atom is 0.123 e. The van der Waals surface area contributed by atoms with Crippen LogP contribution in [0.4, 0.5) is 0 Å². The highest BCUT2D eigenvalue weighted by Gasteiger charge is 2.07. The van der Waals surface area contributed by atoms with E-state index in [1.165, 1.54) is 0 Å². The van der Waals surface area contributed by atoms with Gasteiger partial charge in [0, 0.05) is 28.0 Å². The zero-order chi connectivity index (χ0) is 13.1. The van der Waals surface area contributed by atoms with Gasteiger partial charge in [-0.25, -0.2) is 4.98 Å². The van der Waals surface area contributed by atoms with Gasteiger partial charge in [-0.1, -0.05) is 31.5 Å². The number of benzene rings is 1. The number of rotatable bonds is 4. The molecular formula is C13H14BrClN2S. The molecule has 0 aliphatic carbocycles. The van der Waals surface area contributed by atoms with Crippen molar-refractivity contribution in [3.05, 3.63) is 38.8 Å². The van der Waals surface area contributed by atoms with Crippen molar-refractivity contribution in [1.82, 2.24) is 10.3 Å². The predicted molar refractivity (Wildman–Crippen MR) is 82.2 cm³/mol. The monoisotopic (exact) mass is 344 g/mol. The number of hydrogen-bond acceptors (Lipinski definition) is 3. The van der Waals surface area contributed by atoms with Crippen molar-refractivity contribution in [2.45, 2.75) is 26.4 Å². The molecule has 2 nitrogen and oxygen atoms in total. The Hall–Kier alpha value is -0.420. The van der Waals surface area contributed by atoms with Crippen molar-refractivity contribution in [1.29, 1.82) is 0 Å². The molecule has 1 aromatic carbocycles. The number of nitrogens with zero attached hydrogens (tertiary/aromatic N) is 1. The fourth-order valence-electron chi connectivity index (χ4n) is 1.46. The summed E-state index contributed by atoms with van der Waals surface area (Å²) in [4.78, 5) is 4.62. The Kier molecular flexibility index (Phi) is 4.78. The molecular weight excluding hydrogens is 332 g/mol. The third kappa shape index (κ3) is 3.54. The molecule has 0 amide bonds. The summed E-state index contributed by atoms with van der Waals surface area (Å²) in [7, 11) is 0. The van der Waals surface area contributed by atoms with Crippen LogP contribution in [0, 0.1) is 0 Å². The van der Waals surface area contributed by atoms with Crippen LogP contribution in [-0.2, 0) is 6.54 Å². The van der Waals surface area contributed by atoms with E-state index in [4.69, 9.17) is 11.6 Å². The van der Waals surface area contributed by atoms with E-state index in [9.17, 15) is 0 Å². The van der Waals surface area contributed by atoms with Gasteiger partial charge < -0.3 is 5.32 Å². The molecule has 2 aromatic rings. The molecule has 0 aliphatic rings. The van der Waals surface area contributed by atoms with Crippen molar-refractivity contribution in [2.75, 3.05) is 0 Å². The smallest absolute Gasteiger partial charge is 0.123 e. The van der Waals surface area contributed by atoms with Gasteiger partial charge >= 0.3 is 0 Å². The summed E-state index contributed by atoms with van der Waals surface area (Å²) in [5, 5.41) is 7.19. The molecule has 18 heavy (non-hydrogen) atoms. The Bertz CT molecular complexity index is 540. The van der Waals surface area contributed by atoms with Crippen LogP contribution in [0.25, 0.3) is 10.6 Å². The summed E-state index contributed by atoms with van der Waals surface area (Å²) in [5.41, 5.74) is 2.17. The summed E-state index contributed by atoms with van der Waals surface area (Å²) in [5.74, 6) is 0. The molecule has 0 atom stereocenters. The second kappa shape index (κ2) is 6.15. The summed E-state index contributed by atoms with van der Waals surface area (Å²) in [6.07, 6.45) is 0. The highest BCUT2D eigenvalue weighted by molar-refractivity contribution is 9.10. The van der Waals surface area contributed by atoms with Crippen LogP contribution in [0.1, 0.15) is 19.5 Å². The lowest BCUT2D eigenvalue weighted by Crippen LogP contribution is -2.21. The molecule has 0 bridgehead atoms. The number of hydrogen-bond donors (Lipinski definition) is 1. The van der Waals surface area contributed by atoms with Gasteiger partial charge in [-0.2, -0.15) is 0 Å². The lowest BCUT2D eigenvalue weighted by molar-refractivity contribution is 0.583. The SMILES string of the molecule is CC(C)NCc1csc(-c2ccc(Cl)c(Br)c2)n1. The van der Waals surface area contributed by atoms with Gasteiger partial charge in [0.25, 0.3) is 0 Å². The maximum atomic E-state index is 5.98. The van der Waals surface area contributed by atoms with E-state index < -0.39 is 0 Å². The number of thiazole rings is 1. The average molecular weight is 346 g/mol. The van der Waals surface area contributed by atoms with Crippen molar-refractivity contribution in [3.8, 4) is 10.6 Å². The Morgan fingerprint density at radius 2 is 2.22 bits per heavy atom. The molecule has 0 fully saturated rings. The van der Waals surface area contributed by atoms with Crippen molar-refractivity contribution in [2.24, 2.45) is 0 Å². The van der Waals surface area contributed by atoms with Crippen LogP contribution < -0.4 is 5.32 Å². The zero-order valence-electron chi connectivity index (χ0n) is 10.2. The van der Waals surface area contributed by atoms with Crippen LogP contribution >= 0.6 is 38.9 Å². The summed E-state index contributed by atoms with van der Waals surface area (Å²) in [6.45, 7) is 5.07.